The zero-order valence-electron chi connectivity index (χ0n) is 38.0. The monoisotopic (exact) mass is 910 g/mol. The lowest BCUT2D eigenvalue weighted by atomic mass is 9.83. The fraction of sp³-hybridized carbons (Fsp3) is 0.408. The Kier molecular flexibility index (Phi) is 14.6. The summed E-state index contributed by atoms with van der Waals surface area (Å²) in [5.41, 5.74) is 2.68. The van der Waals surface area contributed by atoms with E-state index in [1.807, 2.05) is 18.2 Å². The summed E-state index contributed by atoms with van der Waals surface area (Å²) in [6.07, 6.45) is -0.354. The first-order valence-corrected chi connectivity index (χ1v) is 22.1. The number of likely N-dealkylation sites (N-methyl/N-ethyl adjacent to an activating group) is 1. The number of nitrogens with one attached hydrogen (secondary N) is 5. The SMILES string of the molecule is CN[C@@H](C)C(=O)NC(C(=O)N1Cc2ccc(CNC(=O)[C@]3(C)CN(C(=O)CN4CCNC(C)C4)c4cc(Cc5ccc(F)cc5)ccc43)cc2C1C(=O)Nc1c(F)cccc1F)C(C)OC. The third-order valence-corrected chi connectivity index (χ3v) is 12.9. The maximum absolute atomic E-state index is 14.9. The number of ether oxygens (including phenoxy) is 1. The summed E-state index contributed by atoms with van der Waals surface area (Å²) >= 11 is 0. The average Bonchev–Trinajstić information content (AvgIpc) is 3.84. The van der Waals surface area contributed by atoms with Crippen LogP contribution in [-0.4, -0.2) is 110 Å². The Morgan fingerprint density at radius 2 is 1.62 bits per heavy atom. The molecule has 1 saturated heterocycles. The van der Waals surface area contributed by atoms with Gasteiger partial charge in [0.2, 0.25) is 23.6 Å². The smallest absolute Gasteiger partial charge is 0.252 e. The molecule has 3 heterocycles. The fourth-order valence-electron chi connectivity index (χ4n) is 8.92. The molecular weight excluding hydrogens is 854 g/mol. The van der Waals surface area contributed by atoms with Crippen molar-refractivity contribution in [3.05, 3.63) is 130 Å². The van der Waals surface area contributed by atoms with Gasteiger partial charge < -0.3 is 41.1 Å². The number of hydrogen-bond acceptors (Lipinski definition) is 9. The number of amides is 5. The molecule has 1 fully saturated rings. The van der Waals surface area contributed by atoms with E-state index in [0.29, 0.717) is 47.5 Å². The van der Waals surface area contributed by atoms with Crippen LogP contribution in [0.25, 0.3) is 0 Å². The van der Waals surface area contributed by atoms with Gasteiger partial charge in [0.15, 0.2) is 0 Å². The minimum atomic E-state index is -1.41. The number of anilines is 2. The first-order valence-electron chi connectivity index (χ1n) is 22.1. The Morgan fingerprint density at radius 3 is 2.30 bits per heavy atom. The molecule has 5 N–H and O–H groups in total. The van der Waals surface area contributed by atoms with Crippen LogP contribution >= 0.6 is 0 Å². The summed E-state index contributed by atoms with van der Waals surface area (Å²) in [7, 11) is 2.97. The lowest BCUT2D eigenvalue weighted by Crippen LogP contribution is -2.57. The Bertz CT molecular complexity index is 2470. The highest BCUT2D eigenvalue weighted by molar-refractivity contribution is 6.03. The van der Waals surface area contributed by atoms with Crippen LogP contribution in [0.3, 0.4) is 0 Å². The van der Waals surface area contributed by atoms with Gasteiger partial charge in [-0.15, -0.1) is 0 Å². The number of rotatable bonds is 15. The zero-order chi connectivity index (χ0) is 47.4. The number of nitrogens with zero attached hydrogens (tertiary/aromatic N) is 3. The molecule has 350 valence electrons. The van der Waals surface area contributed by atoms with Gasteiger partial charge in [-0.3, -0.25) is 28.9 Å². The molecule has 0 bridgehead atoms. The number of halogens is 3. The molecule has 3 aliphatic heterocycles. The second kappa shape index (κ2) is 20.2. The van der Waals surface area contributed by atoms with E-state index in [2.05, 4.69) is 38.4 Å². The van der Waals surface area contributed by atoms with Gasteiger partial charge in [-0.1, -0.05) is 48.5 Å². The number of para-hydroxylation sites is 1. The van der Waals surface area contributed by atoms with Crippen molar-refractivity contribution in [2.45, 2.75) is 82.9 Å². The summed E-state index contributed by atoms with van der Waals surface area (Å²) in [6.45, 7) is 9.37. The molecular formula is C49H57F3N8O6. The Hall–Kier alpha value is -6.14. The first-order chi connectivity index (χ1) is 31.5. The quantitative estimate of drug-likeness (QED) is 0.118. The minimum absolute atomic E-state index is 0.0160. The van der Waals surface area contributed by atoms with Gasteiger partial charge in [-0.05, 0) is 105 Å². The Balaban J connectivity index is 1.16. The Labute approximate surface area is 382 Å². The van der Waals surface area contributed by atoms with Crippen LogP contribution in [0.1, 0.15) is 67.1 Å². The van der Waals surface area contributed by atoms with E-state index >= 15 is 0 Å². The number of benzene rings is 4. The molecule has 6 atom stereocenters. The molecule has 66 heavy (non-hydrogen) atoms. The molecule has 3 aliphatic rings. The first kappa shape index (κ1) is 47.8. The highest BCUT2D eigenvalue weighted by atomic mass is 19.1. The van der Waals surface area contributed by atoms with Crippen molar-refractivity contribution in [3.63, 3.8) is 0 Å². The molecule has 4 unspecified atom stereocenters. The van der Waals surface area contributed by atoms with Crippen LogP contribution in [0.4, 0.5) is 24.5 Å². The highest BCUT2D eigenvalue weighted by Gasteiger charge is 2.47. The van der Waals surface area contributed by atoms with Gasteiger partial charge in [0.25, 0.3) is 5.91 Å². The molecule has 0 aliphatic carbocycles. The normalized spacial score (nSPS) is 20.5. The highest BCUT2D eigenvalue weighted by Crippen LogP contribution is 2.43. The predicted octanol–water partition coefficient (Wildman–Crippen LogP) is 4.06. The maximum atomic E-state index is 14.9. The largest absolute Gasteiger partial charge is 0.379 e. The number of methoxy groups -OCH3 is 1. The van der Waals surface area contributed by atoms with E-state index in [-0.39, 0.29) is 49.9 Å². The second-order valence-electron chi connectivity index (χ2n) is 17.7. The molecule has 0 spiro atoms. The van der Waals surface area contributed by atoms with Gasteiger partial charge in [-0.25, -0.2) is 13.2 Å². The fourth-order valence-corrected chi connectivity index (χ4v) is 8.92. The molecule has 14 nitrogen and oxygen atoms in total. The number of piperazine rings is 1. The Morgan fingerprint density at radius 1 is 0.924 bits per heavy atom. The summed E-state index contributed by atoms with van der Waals surface area (Å²) in [5, 5.41) is 14.3. The third-order valence-electron chi connectivity index (χ3n) is 12.9. The van der Waals surface area contributed by atoms with E-state index in [1.54, 1.807) is 63.1 Å². The molecule has 17 heteroatoms. The number of fused-ring (bicyclic) bond motifs is 2. The van der Waals surface area contributed by atoms with Crippen molar-refractivity contribution in [2.24, 2.45) is 0 Å². The van der Waals surface area contributed by atoms with E-state index in [9.17, 15) is 37.1 Å². The van der Waals surface area contributed by atoms with Gasteiger partial charge in [-0.2, -0.15) is 0 Å². The molecule has 5 amide bonds. The number of carbonyl (C=O) groups excluding carboxylic acids is 5. The van der Waals surface area contributed by atoms with Crippen molar-refractivity contribution in [3.8, 4) is 0 Å². The van der Waals surface area contributed by atoms with Crippen LogP contribution in [0, 0.1) is 17.5 Å². The van der Waals surface area contributed by atoms with Gasteiger partial charge in [0.05, 0.1) is 24.1 Å². The van der Waals surface area contributed by atoms with E-state index in [0.717, 1.165) is 35.9 Å². The van der Waals surface area contributed by atoms with E-state index < -0.39 is 64.7 Å². The average molecular weight is 911 g/mol. The molecule has 0 aromatic heterocycles. The summed E-state index contributed by atoms with van der Waals surface area (Å²) in [4.78, 5) is 75.4. The topological polar surface area (TPSA) is 164 Å². The van der Waals surface area contributed by atoms with Crippen molar-refractivity contribution < 1.29 is 41.9 Å². The number of hydrogen-bond donors (Lipinski definition) is 5. The van der Waals surface area contributed by atoms with Crippen LogP contribution in [0.5, 0.6) is 0 Å². The summed E-state index contributed by atoms with van der Waals surface area (Å²) < 4.78 is 49.0. The van der Waals surface area contributed by atoms with Crippen molar-refractivity contribution >= 4 is 40.9 Å². The zero-order valence-corrected chi connectivity index (χ0v) is 38.0. The maximum Gasteiger partial charge on any atom is 0.252 e. The van der Waals surface area contributed by atoms with Crippen LogP contribution < -0.4 is 31.5 Å². The third kappa shape index (κ3) is 10.1. The van der Waals surface area contributed by atoms with Crippen LogP contribution in [0.2, 0.25) is 0 Å². The van der Waals surface area contributed by atoms with Gasteiger partial charge >= 0.3 is 0 Å². The molecule has 7 rings (SSSR count). The predicted molar refractivity (Wildman–Crippen MR) is 243 cm³/mol. The molecule has 4 aromatic rings. The second-order valence-corrected chi connectivity index (χ2v) is 17.7. The van der Waals surface area contributed by atoms with Crippen molar-refractivity contribution in [2.75, 3.05) is 57.1 Å². The van der Waals surface area contributed by atoms with Crippen molar-refractivity contribution in [1.82, 2.24) is 31.1 Å². The molecule has 0 radical (unpaired) electrons. The standard InChI is InChI=1S/C49H57F3N8O6/c1-28-24-58(19-18-54-28)26-41(61)60-27-49(4,37-17-13-32(22-40(37)60)20-31-11-15-35(50)16-12-31)48(65)55-23-33-10-14-34-25-59(47(64)42(30(3)66-6)56-45(62)29(2)53-5)44(36(34)21-33)46(63)57-43-38(51)8-7-9-39(43)52/h7-17,21-22,28-30,42,44,53-54H,18-20,23-27H2,1-6H3,(H,55,65)(H,56,62)(H,57,63)/t28?,29-,30?,42?,44?,49+/m0/s1. The lowest BCUT2D eigenvalue weighted by molar-refractivity contribution is -0.145. The number of carbonyl (C=O) groups is 5. The van der Waals surface area contributed by atoms with Crippen LogP contribution in [-0.2, 0) is 53.6 Å². The van der Waals surface area contributed by atoms with Crippen LogP contribution in [0.15, 0.2) is 78.9 Å². The van der Waals surface area contributed by atoms with E-state index in [1.165, 1.54) is 24.1 Å². The lowest BCUT2D eigenvalue weighted by Gasteiger charge is -2.32. The molecule has 0 saturated carbocycles. The van der Waals surface area contributed by atoms with Crippen molar-refractivity contribution in [1.29, 1.82) is 0 Å². The van der Waals surface area contributed by atoms with Gasteiger partial charge in [0, 0.05) is 58.1 Å². The minimum Gasteiger partial charge on any atom is -0.379 e. The summed E-state index contributed by atoms with van der Waals surface area (Å²) in [5.74, 6) is -4.92. The molecule has 4 aromatic carbocycles. The van der Waals surface area contributed by atoms with E-state index in [4.69, 9.17) is 4.74 Å². The summed E-state index contributed by atoms with van der Waals surface area (Å²) in [6, 6.07) is 17.1. The van der Waals surface area contributed by atoms with Gasteiger partial charge in [0.1, 0.15) is 35.2 Å².